The fourth-order valence-corrected chi connectivity index (χ4v) is 6.93. The van der Waals surface area contributed by atoms with E-state index in [4.69, 9.17) is 9.47 Å². The Hall–Kier alpha value is -3.28. The summed E-state index contributed by atoms with van der Waals surface area (Å²) in [5, 5.41) is 0. The van der Waals surface area contributed by atoms with Gasteiger partial charge in [-0.2, -0.15) is 0 Å². The van der Waals surface area contributed by atoms with Gasteiger partial charge >= 0.3 is 12.2 Å². The summed E-state index contributed by atoms with van der Waals surface area (Å²) in [5.41, 5.74) is 1.00. The zero-order chi connectivity index (χ0) is 27.9. The molecule has 2 aliphatic heterocycles. The van der Waals surface area contributed by atoms with Crippen LogP contribution in [0.1, 0.15) is 81.1 Å². The van der Waals surface area contributed by atoms with Gasteiger partial charge in [0.2, 0.25) is 0 Å². The number of nitrogens with zero attached hydrogens (tertiary/aromatic N) is 2. The van der Waals surface area contributed by atoms with Crippen LogP contribution in [0.5, 0.6) is 11.5 Å². The van der Waals surface area contributed by atoms with E-state index in [1.807, 2.05) is 46.2 Å². The first-order chi connectivity index (χ1) is 17.6. The van der Waals surface area contributed by atoms with E-state index in [9.17, 15) is 9.59 Å². The lowest BCUT2D eigenvalue weighted by Crippen LogP contribution is -2.64. The van der Waals surface area contributed by atoms with Crippen molar-refractivity contribution in [3.8, 4) is 11.5 Å². The van der Waals surface area contributed by atoms with Gasteiger partial charge in [-0.15, -0.1) is 0 Å². The molecule has 0 aromatic heterocycles. The van der Waals surface area contributed by atoms with Gasteiger partial charge in [0.05, 0.1) is 0 Å². The van der Waals surface area contributed by atoms with Gasteiger partial charge in [0, 0.05) is 22.2 Å². The first kappa shape index (κ1) is 27.7. The Morgan fingerprint density at radius 1 is 0.526 bits per heavy atom. The molecule has 0 spiro atoms. The highest BCUT2D eigenvalue weighted by atomic mass is 16.6. The topological polar surface area (TPSA) is 59.1 Å². The third kappa shape index (κ3) is 5.59. The number of para-hydroxylation sites is 2. The van der Waals surface area contributed by atoms with Crippen molar-refractivity contribution in [3.63, 3.8) is 0 Å². The number of rotatable bonds is 2. The molecule has 2 fully saturated rings. The van der Waals surface area contributed by atoms with Crippen LogP contribution >= 0.6 is 0 Å². The molecule has 0 N–H and O–H groups in total. The molecule has 204 valence electrons. The summed E-state index contributed by atoms with van der Waals surface area (Å²) in [7, 11) is 0. The molecule has 6 nitrogen and oxygen atoms in total. The summed E-state index contributed by atoms with van der Waals surface area (Å²) in [6.07, 6.45) is 2.39. The minimum atomic E-state index is -0.437. The number of piperidine rings is 2. The number of likely N-dealkylation sites (tertiary alicyclic amines) is 2. The average Bonchev–Trinajstić information content (AvgIpc) is 2.77. The van der Waals surface area contributed by atoms with Gasteiger partial charge in [-0.25, -0.2) is 9.59 Å². The van der Waals surface area contributed by atoms with Gasteiger partial charge in [-0.05, 0) is 105 Å². The van der Waals surface area contributed by atoms with Crippen molar-refractivity contribution in [3.05, 3.63) is 71.8 Å². The van der Waals surface area contributed by atoms with Crippen LogP contribution in [-0.2, 0) is 0 Å². The molecule has 0 bridgehead atoms. The van der Waals surface area contributed by atoms with Crippen molar-refractivity contribution >= 4 is 12.2 Å². The Morgan fingerprint density at radius 3 is 1.05 bits per heavy atom. The summed E-state index contributed by atoms with van der Waals surface area (Å²) in [6.45, 7) is 16.9. The quantitative estimate of drug-likeness (QED) is 0.378. The molecule has 0 radical (unpaired) electrons. The zero-order valence-corrected chi connectivity index (χ0v) is 24.1. The maximum absolute atomic E-state index is 13.4. The number of amides is 2. The Balaban J connectivity index is 1.59. The van der Waals surface area contributed by atoms with Gasteiger partial charge in [0.15, 0.2) is 0 Å². The van der Waals surface area contributed by atoms with E-state index in [-0.39, 0.29) is 12.2 Å². The molecular weight excluding hydrogens is 476 g/mol. The lowest BCUT2D eigenvalue weighted by Gasteiger charge is -2.56. The number of carbonyl (C=O) groups is 2. The van der Waals surface area contributed by atoms with Crippen LogP contribution in [0.25, 0.3) is 0 Å². The molecule has 2 aliphatic rings. The monoisotopic (exact) mass is 518 g/mol. The molecule has 6 heteroatoms. The van der Waals surface area contributed by atoms with E-state index in [0.717, 1.165) is 25.7 Å². The summed E-state index contributed by atoms with van der Waals surface area (Å²) >= 11 is 0. The molecule has 2 aromatic carbocycles. The summed E-state index contributed by atoms with van der Waals surface area (Å²) < 4.78 is 11.5. The maximum Gasteiger partial charge on any atom is 0.416 e. The van der Waals surface area contributed by atoms with Crippen molar-refractivity contribution in [1.29, 1.82) is 0 Å². The van der Waals surface area contributed by atoms with Gasteiger partial charge in [0.25, 0.3) is 0 Å². The zero-order valence-electron chi connectivity index (χ0n) is 24.1. The van der Waals surface area contributed by atoms with Crippen LogP contribution in [0.15, 0.2) is 71.8 Å². The standard InChI is InChI=1S/C32H42N2O4/c1-29(2)19-23(20-30(3,4)33(29)27(35)37-25-15-11-9-12-16-25)24-21-31(5,6)34(32(7,8)22-24)28(36)38-26-17-13-10-14-18-26/h9-18H,19-22H2,1-8H3. The van der Waals surface area contributed by atoms with Crippen molar-refractivity contribution in [1.82, 2.24) is 9.80 Å². The van der Waals surface area contributed by atoms with Crippen molar-refractivity contribution in [2.45, 2.75) is 103 Å². The van der Waals surface area contributed by atoms with Gasteiger partial charge in [-0.1, -0.05) is 47.5 Å². The lowest BCUT2D eigenvalue weighted by atomic mass is 9.70. The predicted octanol–water partition coefficient (Wildman–Crippen LogP) is 7.99. The maximum atomic E-state index is 13.4. The minimum absolute atomic E-state index is 0.325. The normalized spacial score (nSPS) is 21.6. The summed E-state index contributed by atoms with van der Waals surface area (Å²) in [6, 6.07) is 18.5. The molecular formula is C32H42N2O4. The van der Waals surface area contributed by atoms with Crippen LogP contribution in [0.2, 0.25) is 0 Å². The Bertz CT molecular complexity index is 1080. The third-order valence-electron chi connectivity index (χ3n) is 7.77. The van der Waals surface area contributed by atoms with Crippen molar-refractivity contribution in [2.75, 3.05) is 0 Å². The van der Waals surface area contributed by atoms with Crippen molar-refractivity contribution in [2.24, 2.45) is 0 Å². The number of hydrogen-bond donors (Lipinski definition) is 0. The van der Waals surface area contributed by atoms with Crippen LogP contribution in [0, 0.1) is 0 Å². The van der Waals surface area contributed by atoms with Crippen molar-refractivity contribution < 1.29 is 19.1 Å². The van der Waals surface area contributed by atoms with Crippen LogP contribution < -0.4 is 9.47 Å². The second-order valence-electron chi connectivity index (χ2n) is 13.2. The van der Waals surface area contributed by atoms with Crippen LogP contribution in [-0.4, -0.2) is 44.1 Å². The van der Waals surface area contributed by atoms with Gasteiger partial charge < -0.3 is 9.47 Å². The molecule has 0 atom stereocenters. The molecule has 2 saturated heterocycles. The predicted molar refractivity (Wildman–Crippen MR) is 150 cm³/mol. The fraction of sp³-hybridized carbons (Fsp3) is 0.500. The van der Waals surface area contributed by atoms with E-state index in [1.165, 1.54) is 11.1 Å². The Labute approximate surface area is 227 Å². The highest BCUT2D eigenvalue weighted by molar-refractivity contribution is 5.74. The molecule has 38 heavy (non-hydrogen) atoms. The number of hydrogen-bond acceptors (Lipinski definition) is 4. The lowest BCUT2D eigenvalue weighted by molar-refractivity contribution is 0.000629. The van der Waals surface area contributed by atoms with E-state index in [2.05, 4.69) is 55.4 Å². The Morgan fingerprint density at radius 2 is 0.789 bits per heavy atom. The highest BCUT2D eigenvalue weighted by Crippen LogP contribution is 2.48. The smallest absolute Gasteiger partial charge is 0.410 e. The van der Waals surface area contributed by atoms with Crippen LogP contribution in [0.3, 0.4) is 0 Å². The fourth-order valence-electron chi connectivity index (χ4n) is 6.93. The van der Waals surface area contributed by atoms with E-state index in [0.29, 0.717) is 11.5 Å². The highest BCUT2D eigenvalue weighted by Gasteiger charge is 2.51. The molecule has 2 aromatic rings. The number of ether oxygens (including phenoxy) is 2. The minimum Gasteiger partial charge on any atom is -0.410 e. The summed E-state index contributed by atoms with van der Waals surface area (Å²) in [4.78, 5) is 30.6. The average molecular weight is 519 g/mol. The van der Waals surface area contributed by atoms with E-state index in [1.54, 1.807) is 24.3 Å². The molecule has 2 amide bonds. The van der Waals surface area contributed by atoms with E-state index < -0.39 is 22.2 Å². The largest absolute Gasteiger partial charge is 0.416 e. The first-order valence-corrected chi connectivity index (χ1v) is 13.5. The molecule has 4 rings (SSSR count). The molecule has 0 saturated carbocycles. The van der Waals surface area contributed by atoms with Gasteiger partial charge in [-0.3, -0.25) is 9.80 Å². The second kappa shape index (κ2) is 9.79. The molecule has 0 aliphatic carbocycles. The first-order valence-electron chi connectivity index (χ1n) is 13.5. The molecule has 0 unspecified atom stereocenters. The van der Waals surface area contributed by atoms with E-state index >= 15 is 0 Å². The second-order valence-corrected chi connectivity index (χ2v) is 13.2. The molecule has 2 heterocycles. The van der Waals surface area contributed by atoms with Crippen LogP contribution in [0.4, 0.5) is 9.59 Å². The Kier molecular flexibility index (Phi) is 7.15. The number of benzene rings is 2. The SMILES string of the molecule is CC1(C)CC(=C2CC(C)(C)N(C(=O)Oc3ccccc3)C(C)(C)C2)CC(C)(C)N1C(=O)Oc1ccccc1. The number of carbonyl (C=O) groups excluding carboxylic acids is 2. The summed E-state index contributed by atoms with van der Waals surface area (Å²) in [5.74, 6) is 1.10. The third-order valence-corrected chi connectivity index (χ3v) is 7.77. The van der Waals surface area contributed by atoms with Gasteiger partial charge in [0.1, 0.15) is 11.5 Å².